The molecule has 3 nitrogen and oxygen atoms in total. The van der Waals surface area contributed by atoms with Crippen LogP contribution >= 0.6 is 0 Å². The van der Waals surface area contributed by atoms with E-state index in [9.17, 15) is 4.79 Å². The summed E-state index contributed by atoms with van der Waals surface area (Å²) in [6.07, 6.45) is 2.51. The van der Waals surface area contributed by atoms with Gasteiger partial charge in [0.15, 0.2) is 0 Å². The molecule has 1 saturated carbocycles. The van der Waals surface area contributed by atoms with E-state index < -0.39 is 0 Å². The van der Waals surface area contributed by atoms with Crippen molar-refractivity contribution < 1.29 is 4.79 Å². The molecule has 0 aromatic rings. The molecule has 1 atom stereocenters. The van der Waals surface area contributed by atoms with Crippen LogP contribution in [0.15, 0.2) is 0 Å². The maximum absolute atomic E-state index is 11.2. The number of urea groups is 1. The highest BCUT2D eigenvalue weighted by Crippen LogP contribution is 2.40. The minimum Gasteiger partial charge on any atom is -0.341 e. The normalized spacial score (nSPS) is 19.4. The fraction of sp³-hybridized carbons (Fsp3) is 0.900. The lowest BCUT2D eigenvalue weighted by Gasteiger charge is -2.31. The van der Waals surface area contributed by atoms with Crippen LogP contribution in [0.2, 0.25) is 0 Å². The number of hydrogen-bond donors (Lipinski definition) is 2. The molecule has 0 spiro atoms. The molecule has 2 N–H and O–H groups in total. The molecule has 0 aromatic heterocycles. The maximum Gasteiger partial charge on any atom is 0.314 e. The second kappa shape index (κ2) is 3.56. The minimum atomic E-state index is -0.0631. The number of carbonyl (C=O) groups excluding carboxylic acids is 1. The third-order valence-corrected chi connectivity index (χ3v) is 2.54. The van der Waals surface area contributed by atoms with Gasteiger partial charge in [0, 0.05) is 13.1 Å². The molecule has 3 heteroatoms. The predicted molar refractivity (Wildman–Crippen MR) is 53.6 cm³/mol. The number of hydrogen-bond acceptors (Lipinski definition) is 1. The van der Waals surface area contributed by atoms with Gasteiger partial charge in [-0.1, -0.05) is 20.8 Å². The van der Waals surface area contributed by atoms with Crippen molar-refractivity contribution >= 4 is 6.03 Å². The lowest BCUT2D eigenvalue weighted by atomic mass is 9.84. The second-order valence-electron chi connectivity index (χ2n) is 4.90. The van der Waals surface area contributed by atoms with Gasteiger partial charge in [-0.2, -0.15) is 0 Å². The average Bonchev–Trinajstić information content (AvgIpc) is 2.80. The molecule has 1 rings (SSSR count). The van der Waals surface area contributed by atoms with E-state index in [-0.39, 0.29) is 11.4 Å². The Morgan fingerprint density at radius 2 is 1.92 bits per heavy atom. The quantitative estimate of drug-likeness (QED) is 0.674. The van der Waals surface area contributed by atoms with Gasteiger partial charge in [0.05, 0.1) is 0 Å². The Morgan fingerprint density at radius 3 is 2.23 bits per heavy atom. The zero-order valence-corrected chi connectivity index (χ0v) is 8.98. The average molecular weight is 184 g/mol. The van der Waals surface area contributed by atoms with Crippen molar-refractivity contribution in [3.63, 3.8) is 0 Å². The van der Waals surface area contributed by atoms with Crippen molar-refractivity contribution in [1.82, 2.24) is 10.6 Å². The lowest BCUT2D eigenvalue weighted by Crippen LogP contribution is -2.48. The monoisotopic (exact) mass is 184 g/mol. The van der Waals surface area contributed by atoms with Gasteiger partial charge < -0.3 is 10.6 Å². The van der Waals surface area contributed by atoms with Crippen LogP contribution in [0, 0.1) is 11.3 Å². The molecule has 1 aliphatic carbocycles. The first-order valence-corrected chi connectivity index (χ1v) is 4.93. The van der Waals surface area contributed by atoms with Gasteiger partial charge in [-0.15, -0.1) is 0 Å². The molecular formula is C10H20N2O. The van der Waals surface area contributed by atoms with Gasteiger partial charge in [0.25, 0.3) is 0 Å². The van der Waals surface area contributed by atoms with Crippen LogP contribution in [-0.2, 0) is 0 Å². The Kier molecular flexibility index (Phi) is 2.84. The van der Waals surface area contributed by atoms with E-state index in [1.54, 1.807) is 7.05 Å². The van der Waals surface area contributed by atoms with Gasteiger partial charge in [0.2, 0.25) is 0 Å². The minimum absolute atomic E-state index is 0.0631. The standard InChI is InChI=1S/C10H20N2O/c1-10(2,3)8(7-5-6-7)12-9(13)11-4/h7-8H,5-6H2,1-4H3,(H2,11,12,13). The first-order valence-electron chi connectivity index (χ1n) is 4.93. The fourth-order valence-corrected chi connectivity index (χ4v) is 1.68. The molecule has 0 bridgehead atoms. The zero-order valence-electron chi connectivity index (χ0n) is 8.98. The second-order valence-corrected chi connectivity index (χ2v) is 4.90. The largest absolute Gasteiger partial charge is 0.341 e. The summed E-state index contributed by atoms with van der Waals surface area (Å²) < 4.78 is 0. The fourth-order valence-electron chi connectivity index (χ4n) is 1.68. The van der Waals surface area contributed by atoms with Crippen molar-refractivity contribution in [2.45, 2.75) is 39.7 Å². The third-order valence-electron chi connectivity index (χ3n) is 2.54. The number of rotatable bonds is 2. The first kappa shape index (κ1) is 10.4. The van der Waals surface area contributed by atoms with E-state index in [2.05, 4.69) is 31.4 Å². The summed E-state index contributed by atoms with van der Waals surface area (Å²) in [7, 11) is 1.65. The van der Waals surface area contributed by atoms with Crippen molar-refractivity contribution in [2.75, 3.05) is 7.05 Å². The molecule has 76 valence electrons. The summed E-state index contributed by atoms with van der Waals surface area (Å²) in [6, 6.07) is 0.249. The Bertz CT molecular complexity index is 192. The Hall–Kier alpha value is -0.730. The lowest BCUT2D eigenvalue weighted by molar-refractivity contribution is 0.210. The summed E-state index contributed by atoms with van der Waals surface area (Å²) in [6.45, 7) is 6.52. The van der Waals surface area contributed by atoms with E-state index >= 15 is 0 Å². The van der Waals surface area contributed by atoms with Crippen LogP contribution in [-0.4, -0.2) is 19.1 Å². The van der Waals surface area contributed by atoms with E-state index in [1.165, 1.54) is 12.8 Å². The Morgan fingerprint density at radius 1 is 1.38 bits per heavy atom. The SMILES string of the molecule is CNC(=O)NC(C1CC1)C(C)(C)C. The first-order chi connectivity index (χ1) is 5.95. The molecule has 13 heavy (non-hydrogen) atoms. The highest BCUT2D eigenvalue weighted by molar-refractivity contribution is 5.74. The number of nitrogens with one attached hydrogen (secondary N) is 2. The predicted octanol–water partition coefficient (Wildman–Crippen LogP) is 1.74. The summed E-state index contributed by atoms with van der Waals surface area (Å²) in [5, 5.41) is 5.62. The number of amides is 2. The summed E-state index contributed by atoms with van der Waals surface area (Å²) >= 11 is 0. The molecule has 0 heterocycles. The highest BCUT2D eigenvalue weighted by atomic mass is 16.2. The summed E-state index contributed by atoms with van der Waals surface area (Å²) in [4.78, 5) is 11.2. The van der Waals surface area contributed by atoms with Crippen molar-refractivity contribution in [1.29, 1.82) is 0 Å². The molecule has 1 unspecified atom stereocenters. The molecule has 0 saturated heterocycles. The smallest absolute Gasteiger partial charge is 0.314 e. The van der Waals surface area contributed by atoms with Gasteiger partial charge in [0.1, 0.15) is 0 Å². The number of carbonyl (C=O) groups is 1. The van der Waals surface area contributed by atoms with Gasteiger partial charge in [-0.05, 0) is 24.2 Å². The van der Waals surface area contributed by atoms with Gasteiger partial charge >= 0.3 is 6.03 Å². The Labute approximate surface area is 80.3 Å². The molecular weight excluding hydrogens is 164 g/mol. The van der Waals surface area contributed by atoms with Crippen molar-refractivity contribution in [2.24, 2.45) is 11.3 Å². The topological polar surface area (TPSA) is 41.1 Å². The van der Waals surface area contributed by atoms with E-state index in [0.29, 0.717) is 12.0 Å². The van der Waals surface area contributed by atoms with Crippen LogP contribution in [0.1, 0.15) is 33.6 Å². The van der Waals surface area contributed by atoms with E-state index in [1.807, 2.05) is 0 Å². The molecule has 1 aliphatic rings. The van der Waals surface area contributed by atoms with Crippen molar-refractivity contribution in [3.05, 3.63) is 0 Å². The van der Waals surface area contributed by atoms with Gasteiger partial charge in [-0.25, -0.2) is 4.79 Å². The van der Waals surface area contributed by atoms with Crippen LogP contribution in [0.25, 0.3) is 0 Å². The maximum atomic E-state index is 11.2. The van der Waals surface area contributed by atoms with E-state index in [4.69, 9.17) is 0 Å². The van der Waals surface area contributed by atoms with E-state index in [0.717, 1.165) is 0 Å². The molecule has 2 amide bonds. The highest BCUT2D eigenvalue weighted by Gasteiger charge is 2.39. The van der Waals surface area contributed by atoms with Crippen LogP contribution < -0.4 is 10.6 Å². The van der Waals surface area contributed by atoms with Crippen LogP contribution in [0.4, 0.5) is 4.79 Å². The third kappa shape index (κ3) is 2.90. The Balaban J connectivity index is 2.53. The zero-order chi connectivity index (χ0) is 10.1. The molecule has 0 radical (unpaired) electrons. The molecule has 0 aromatic carbocycles. The molecule has 0 aliphatic heterocycles. The summed E-state index contributed by atoms with van der Waals surface area (Å²) in [5.41, 5.74) is 0.160. The van der Waals surface area contributed by atoms with Crippen molar-refractivity contribution in [3.8, 4) is 0 Å². The van der Waals surface area contributed by atoms with Gasteiger partial charge in [-0.3, -0.25) is 0 Å². The summed E-state index contributed by atoms with van der Waals surface area (Å²) in [5.74, 6) is 0.692. The van der Waals surface area contributed by atoms with Crippen LogP contribution in [0.3, 0.4) is 0 Å². The molecule has 1 fully saturated rings. The van der Waals surface area contributed by atoms with Crippen LogP contribution in [0.5, 0.6) is 0 Å².